The smallest absolute Gasteiger partial charge is 0.301 e. The number of aliphatic hydroxyl groups is 1. The second-order valence-corrected chi connectivity index (χ2v) is 10.1. The number of ketones is 1. The van der Waals surface area contributed by atoms with E-state index in [0.717, 1.165) is 14.7 Å². The predicted molar refractivity (Wildman–Crippen MR) is 141 cm³/mol. The topological polar surface area (TPSA) is 79.7 Å². The molecular formula is C27H21BrN2O4S. The SMILES string of the molecule is CCOc1ccc2nc(N3C(=O)C(=O)/C(=C(/O)c4ccc(C)cc4)[C@H]3c3cccc(Br)c3)sc2c1. The molecule has 2 heterocycles. The lowest BCUT2D eigenvalue weighted by Gasteiger charge is -2.23. The molecular weight excluding hydrogens is 528 g/mol. The van der Waals surface area contributed by atoms with Crippen LogP contribution in [-0.4, -0.2) is 28.4 Å². The molecule has 1 aliphatic rings. The number of halogens is 1. The Kier molecular flexibility index (Phi) is 6.17. The number of hydrogen-bond acceptors (Lipinski definition) is 6. The zero-order valence-corrected chi connectivity index (χ0v) is 21.4. The van der Waals surface area contributed by atoms with E-state index in [4.69, 9.17) is 4.74 Å². The van der Waals surface area contributed by atoms with Gasteiger partial charge in [-0.05, 0) is 49.7 Å². The highest BCUT2D eigenvalue weighted by Crippen LogP contribution is 2.45. The van der Waals surface area contributed by atoms with Gasteiger partial charge in [-0.2, -0.15) is 0 Å². The summed E-state index contributed by atoms with van der Waals surface area (Å²) in [7, 11) is 0. The largest absolute Gasteiger partial charge is 0.507 e. The fraction of sp³-hybridized carbons (Fsp3) is 0.148. The maximum atomic E-state index is 13.4. The first-order valence-electron chi connectivity index (χ1n) is 11.0. The molecule has 1 aliphatic heterocycles. The van der Waals surface area contributed by atoms with Gasteiger partial charge in [0.25, 0.3) is 5.78 Å². The molecule has 35 heavy (non-hydrogen) atoms. The lowest BCUT2D eigenvalue weighted by atomic mass is 9.95. The Morgan fingerprint density at radius 3 is 2.60 bits per heavy atom. The number of aliphatic hydroxyl groups excluding tert-OH is 1. The Bertz CT molecular complexity index is 1490. The number of aromatic nitrogens is 1. The Morgan fingerprint density at radius 2 is 1.89 bits per heavy atom. The van der Waals surface area contributed by atoms with Gasteiger partial charge in [0.1, 0.15) is 11.5 Å². The summed E-state index contributed by atoms with van der Waals surface area (Å²) in [5, 5.41) is 11.6. The number of carbonyl (C=O) groups excluding carboxylic acids is 2. The first-order chi connectivity index (χ1) is 16.9. The zero-order chi connectivity index (χ0) is 24.7. The van der Waals surface area contributed by atoms with Gasteiger partial charge in [0.05, 0.1) is 28.4 Å². The molecule has 0 aliphatic carbocycles. The summed E-state index contributed by atoms with van der Waals surface area (Å²) in [4.78, 5) is 32.8. The summed E-state index contributed by atoms with van der Waals surface area (Å²) in [5.41, 5.74) is 2.90. The van der Waals surface area contributed by atoms with Crippen LogP contribution in [0.15, 0.2) is 76.8 Å². The summed E-state index contributed by atoms with van der Waals surface area (Å²) in [6, 6.07) is 19.2. The number of thiazole rings is 1. The summed E-state index contributed by atoms with van der Waals surface area (Å²) >= 11 is 4.78. The molecule has 1 fully saturated rings. The molecule has 6 nitrogen and oxygen atoms in total. The van der Waals surface area contributed by atoms with Crippen LogP contribution in [0, 0.1) is 6.92 Å². The zero-order valence-electron chi connectivity index (χ0n) is 19.0. The van der Waals surface area contributed by atoms with Crippen molar-refractivity contribution in [3.63, 3.8) is 0 Å². The number of anilines is 1. The fourth-order valence-electron chi connectivity index (χ4n) is 4.14. The molecule has 0 unspecified atom stereocenters. The first kappa shape index (κ1) is 23.3. The standard InChI is InChI=1S/C27H21BrN2O4S/c1-3-34-19-11-12-20-21(14-19)35-27(29-20)30-23(17-5-4-6-18(28)13-17)22(25(32)26(30)33)24(31)16-9-7-15(2)8-10-16/h4-14,23,31H,3H2,1-2H3/b24-22+/t23-/m1/s1. The molecule has 0 bridgehead atoms. The molecule has 0 saturated carbocycles. The molecule has 0 spiro atoms. The van der Waals surface area contributed by atoms with Crippen molar-refractivity contribution >= 4 is 60.1 Å². The summed E-state index contributed by atoms with van der Waals surface area (Å²) < 4.78 is 7.22. The average molecular weight is 549 g/mol. The van der Waals surface area contributed by atoms with Gasteiger partial charge in [-0.3, -0.25) is 14.5 Å². The minimum atomic E-state index is -0.833. The minimum absolute atomic E-state index is 0.0335. The average Bonchev–Trinajstić information content (AvgIpc) is 3.37. The van der Waals surface area contributed by atoms with Crippen LogP contribution >= 0.6 is 27.3 Å². The Hall–Kier alpha value is -3.49. The summed E-state index contributed by atoms with van der Waals surface area (Å²) in [6.07, 6.45) is 0. The van der Waals surface area contributed by atoms with Gasteiger partial charge in [-0.25, -0.2) is 4.98 Å². The van der Waals surface area contributed by atoms with Gasteiger partial charge in [-0.15, -0.1) is 0 Å². The quantitative estimate of drug-likeness (QED) is 0.177. The van der Waals surface area contributed by atoms with E-state index >= 15 is 0 Å². The molecule has 3 aromatic carbocycles. The highest BCUT2D eigenvalue weighted by atomic mass is 79.9. The number of fused-ring (bicyclic) bond motifs is 1. The maximum Gasteiger partial charge on any atom is 0.301 e. The Morgan fingerprint density at radius 1 is 1.11 bits per heavy atom. The monoisotopic (exact) mass is 548 g/mol. The Labute approximate surface area is 214 Å². The number of benzene rings is 3. The number of ether oxygens (including phenoxy) is 1. The van der Waals surface area contributed by atoms with Gasteiger partial charge >= 0.3 is 5.91 Å². The van der Waals surface area contributed by atoms with Crippen LogP contribution in [0.25, 0.3) is 16.0 Å². The molecule has 1 atom stereocenters. The van der Waals surface area contributed by atoms with Crippen LogP contribution < -0.4 is 9.64 Å². The second-order valence-electron chi connectivity index (χ2n) is 8.15. The highest BCUT2D eigenvalue weighted by Gasteiger charge is 2.48. The fourth-order valence-corrected chi connectivity index (χ4v) is 5.58. The van der Waals surface area contributed by atoms with Crippen LogP contribution in [0.5, 0.6) is 5.75 Å². The lowest BCUT2D eigenvalue weighted by molar-refractivity contribution is -0.132. The van der Waals surface area contributed by atoms with Crippen molar-refractivity contribution in [2.24, 2.45) is 0 Å². The van der Waals surface area contributed by atoms with Gasteiger partial charge < -0.3 is 9.84 Å². The van der Waals surface area contributed by atoms with Crippen LogP contribution in [0.3, 0.4) is 0 Å². The van der Waals surface area contributed by atoms with E-state index in [1.54, 1.807) is 12.1 Å². The van der Waals surface area contributed by atoms with Gasteiger partial charge in [0.15, 0.2) is 5.13 Å². The van der Waals surface area contributed by atoms with Crippen LogP contribution in [0.1, 0.15) is 29.7 Å². The van der Waals surface area contributed by atoms with Gasteiger partial charge in [-0.1, -0.05) is 69.2 Å². The van der Waals surface area contributed by atoms with Crippen molar-refractivity contribution in [1.29, 1.82) is 0 Å². The number of nitrogens with zero attached hydrogens (tertiary/aromatic N) is 2. The number of hydrogen-bond donors (Lipinski definition) is 1. The molecule has 176 valence electrons. The van der Waals surface area contributed by atoms with Crippen molar-refractivity contribution in [2.45, 2.75) is 19.9 Å². The normalized spacial score (nSPS) is 17.3. The molecule has 1 saturated heterocycles. The number of aryl methyl sites for hydroxylation is 1. The number of Topliss-reactive ketones (excluding diaryl/α,β-unsaturated/α-hetero) is 1. The molecule has 1 amide bonds. The van der Waals surface area contributed by atoms with E-state index in [1.165, 1.54) is 16.2 Å². The predicted octanol–water partition coefficient (Wildman–Crippen LogP) is 6.39. The van der Waals surface area contributed by atoms with Gasteiger partial charge in [0, 0.05) is 10.0 Å². The third kappa shape index (κ3) is 4.24. The minimum Gasteiger partial charge on any atom is -0.507 e. The van der Waals surface area contributed by atoms with Crippen LogP contribution in [-0.2, 0) is 9.59 Å². The van der Waals surface area contributed by atoms with Crippen molar-refractivity contribution in [3.05, 3.63) is 93.5 Å². The van der Waals surface area contributed by atoms with Crippen molar-refractivity contribution in [1.82, 2.24) is 4.98 Å². The molecule has 1 N–H and O–H groups in total. The van der Waals surface area contributed by atoms with E-state index in [1.807, 2.05) is 68.4 Å². The van der Waals surface area contributed by atoms with Crippen molar-refractivity contribution in [3.8, 4) is 5.75 Å². The van der Waals surface area contributed by atoms with E-state index in [9.17, 15) is 14.7 Å². The third-order valence-electron chi connectivity index (χ3n) is 5.80. The maximum absolute atomic E-state index is 13.4. The molecule has 8 heteroatoms. The molecule has 1 aromatic heterocycles. The van der Waals surface area contributed by atoms with E-state index in [2.05, 4.69) is 20.9 Å². The van der Waals surface area contributed by atoms with E-state index in [0.29, 0.717) is 34.1 Å². The van der Waals surface area contributed by atoms with Gasteiger partial charge in [0.2, 0.25) is 0 Å². The first-order valence-corrected chi connectivity index (χ1v) is 12.6. The second kappa shape index (κ2) is 9.28. The number of amides is 1. The third-order valence-corrected chi connectivity index (χ3v) is 7.31. The van der Waals surface area contributed by atoms with E-state index in [-0.39, 0.29) is 11.3 Å². The summed E-state index contributed by atoms with van der Waals surface area (Å²) in [6.45, 7) is 4.38. The number of carbonyl (C=O) groups is 2. The molecule has 4 aromatic rings. The lowest BCUT2D eigenvalue weighted by Crippen LogP contribution is -2.29. The Balaban J connectivity index is 1.70. The van der Waals surface area contributed by atoms with Crippen LogP contribution in [0.2, 0.25) is 0 Å². The molecule has 5 rings (SSSR count). The highest BCUT2D eigenvalue weighted by molar-refractivity contribution is 9.10. The van der Waals surface area contributed by atoms with Crippen LogP contribution in [0.4, 0.5) is 5.13 Å². The number of rotatable bonds is 5. The van der Waals surface area contributed by atoms with Crippen molar-refractivity contribution < 1.29 is 19.4 Å². The molecule has 0 radical (unpaired) electrons. The summed E-state index contributed by atoms with van der Waals surface area (Å²) in [5.74, 6) is -0.981. The van der Waals surface area contributed by atoms with E-state index < -0.39 is 17.7 Å². The van der Waals surface area contributed by atoms with Crippen molar-refractivity contribution in [2.75, 3.05) is 11.5 Å².